The van der Waals surface area contributed by atoms with Crippen molar-refractivity contribution in [1.82, 2.24) is 4.90 Å². The van der Waals surface area contributed by atoms with Gasteiger partial charge >= 0.3 is 5.97 Å². The largest absolute Gasteiger partial charge is 0.469 e. The van der Waals surface area contributed by atoms with Gasteiger partial charge in [-0.1, -0.05) is 37.9 Å². The molecule has 0 aliphatic heterocycles. The number of methoxy groups -OCH3 is 1. The maximum atomic E-state index is 12.6. The number of hydrogen-bond acceptors (Lipinski definition) is 3. The van der Waals surface area contributed by atoms with Crippen LogP contribution in [0.4, 0.5) is 0 Å². The van der Waals surface area contributed by atoms with Crippen LogP contribution in [-0.2, 0) is 9.53 Å². The van der Waals surface area contributed by atoms with Crippen LogP contribution in [0.2, 0.25) is 5.02 Å². The Morgan fingerprint density at radius 1 is 1.38 bits per heavy atom. The third-order valence-corrected chi connectivity index (χ3v) is 3.47. The van der Waals surface area contributed by atoms with E-state index in [-0.39, 0.29) is 17.8 Å². The highest BCUT2D eigenvalue weighted by Crippen LogP contribution is 2.14. The van der Waals surface area contributed by atoms with Crippen LogP contribution in [0, 0.1) is 5.92 Å². The first-order valence-electron chi connectivity index (χ1n) is 7.12. The fourth-order valence-electron chi connectivity index (χ4n) is 2.04. The molecule has 0 heterocycles. The number of carbonyl (C=O) groups is 2. The van der Waals surface area contributed by atoms with Gasteiger partial charge in [0.15, 0.2) is 0 Å². The molecule has 1 unspecified atom stereocenters. The number of nitrogens with zero attached hydrogens (tertiary/aromatic N) is 1. The third-order valence-electron chi connectivity index (χ3n) is 3.24. The Balaban J connectivity index is 2.85. The van der Waals surface area contributed by atoms with Crippen LogP contribution in [0.5, 0.6) is 0 Å². The first-order valence-corrected chi connectivity index (χ1v) is 7.50. The van der Waals surface area contributed by atoms with Gasteiger partial charge in [0.05, 0.1) is 13.0 Å². The molecular formula is C16H22ClNO3. The zero-order valence-corrected chi connectivity index (χ0v) is 13.5. The molecule has 0 spiro atoms. The number of esters is 1. The number of hydrogen-bond donors (Lipinski definition) is 0. The highest BCUT2D eigenvalue weighted by atomic mass is 35.5. The summed E-state index contributed by atoms with van der Waals surface area (Å²) in [6, 6.07) is 6.85. The molecule has 0 N–H and O–H groups in total. The minimum atomic E-state index is -0.352. The van der Waals surface area contributed by atoms with E-state index < -0.39 is 0 Å². The first kappa shape index (κ1) is 17.5. The van der Waals surface area contributed by atoms with E-state index in [1.165, 1.54) is 7.11 Å². The molecule has 0 radical (unpaired) electrons. The number of amides is 1. The fourth-order valence-corrected chi connectivity index (χ4v) is 2.23. The average Bonchev–Trinajstić information content (AvgIpc) is 2.49. The van der Waals surface area contributed by atoms with E-state index in [2.05, 4.69) is 6.92 Å². The number of benzene rings is 1. The van der Waals surface area contributed by atoms with Crippen molar-refractivity contribution in [2.45, 2.75) is 26.7 Å². The van der Waals surface area contributed by atoms with Gasteiger partial charge in [-0.25, -0.2) is 0 Å². The number of halogens is 1. The highest BCUT2D eigenvalue weighted by Gasteiger charge is 2.22. The molecule has 0 saturated carbocycles. The first-order chi connectivity index (χ1) is 9.99. The molecule has 5 heteroatoms. The van der Waals surface area contributed by atoms with Gasteiger partial charge in [-0.2, -0.15) is 0 Å². The zero-order valence-electron chi connectivity index (χ0n) is 12.8. The van der Waals surface area contributed by atoms with Crippen molar-refractivity contribution < 1.29 is 14.3 Å². The summed E-state index contributed by atoms with van der Waals surface area (Å²) in [5, 5.41) is 0.525. The standard InChI is InChI=1S/C16H22ClNO3/c1-4-5-9-18(11-12(2)16(20)21-3)15(19)13-7-6-8-14(17)10-13/h6-8,10,12H,4-5,9,11H2,1-3H3. The van der Waals surface area contributed by atoms with Gasteiger partial charge in [0.1, 0.15) is 0 Å². The molecular weight excluding hydrogens is 290 g/mol. The van der Waals surface area contributed by atoms with Crippen LogP contribution in [0.1, 0.15) is 37.0 Å². The van der Waals surface area contributed by atoms with E-state index in [1.54, 1.807) is 36.1 Å². The molecule has 1 amide bonds. The quantitative estimate of drug-likeness (QED) is 0.725. The molecule has 116 valence electrons. The van der Waals surface area contributed by atoms with E-state index in [9.17, 15) is 9.59 Å². The normalized spacial score (nSPS) is 11.8. The number of ether oxygens (including phenoxy) is 1. The highest BCUT2D eigenvalue weighted by molar-refractivity contribution is 6.30. The van der Waals surface area contributed by atoms with E-state index in [0.717, 1.165) is 12.8 Å². The molecule has 1 aromatic carbocycles. The lowest BCUT2D eigenvalue weighted by molar-refractivity contribution is -0.145. The van der Waals surface area contributed by atoms with Crippen molar-refractivity contribution >= 4 is 23.5 Å². The van der Waals surface area contributed by atoms with Crippen LogP contribution in [-0.4, -0.2) is 37.0 Å². The van der Waals surface area contributed by atoms with Gasteiger partial charge in [-0.3, -0.25) is 9.59 Å². The van der Waals surface area contributed by atoms with Crippen molar-refractivity contribution in [2.75, 3.05) is 20.2 Å². The lowest BCUT2D eigenvalue weighted by atomic mass is 10.1. The monoisotopic (exact) mass is 311 g/mol. The molecule has 0 aromatic heterocycles. The SMILES string of the molecule is CCCCN(CC(C)C(=O)OC)C(=O)c1cccc(Cl)c1. The molecule has 21 heavy (non-hydrogen) atoms. The summed E-state index contributed by atoms with van der Waals surface area (Å²) in [5.41, 5.74) is 0.538. The summed E-state index contributed by atoms with van der Waals surface area (Å²) in [6.07, 6.45) is 1.87. The van der Waals surface area contributed by atoms with E-state index >= 15 is 0 Å². The van der Waals surface area contributed by atoms with Crippen LogP contribution in [0.3, 0.4) is 0 Å². The summed E-state index contributed by atoms with van der Waals surface area (Å²) >= 11 is 5.93. The van der Waals surface area contributed by atoms with E-state index in [1.807, 2.05) is 0 Å². The Hall–Kier alpha value is -1.55. The molecule has 0 saturated heterocycles. The van der Waals surface area contributed by atoms with Gasteiger partial charge in [0.25, 0.3) is 5.91 Å². The van der Waals surface area contributed by atoms with Gasteiger partial charge < -0.3 is 9.64 Å². The minimum Gasteiger partial charge on any atom is -0.469 e. The molecule has 0 aliphatic rings. The van der Waals surface area contributed by atoms with Crippen molar-refractivity contribution in [2.24, 2.45) is 5.92 Å². The molecule has 1 atom stereocenters. The summed E-state index contributed by atoms with van der Waals surface area (Å²) < 4.78 is 4.72. The molecule has 0 fully saturated rings. The van der Waals surface area contributed by atoms with Crippen molar-refractivity contribution in [3.8, 4) is 0 Å². The molecule has 0 bridgehead atoms. The maximum Gasteiger partial charge on any atom is 0.310 e. The topological polar surface area (TPSA) is 46.6 Å². The van der Waals surface area contributed by atoms with Crippen LogP contribution >= 0.6 is 11.6 Å². The summed E-state index contributed by atoms with van der Waals surface area (Å²) in [5.74, 6) is -0.771. The second-order valence-corrected chi connectivity index (χ2v) is 5.48. The Morgan fingerprint density at radius 3 is 2.67 bits per heavy atom. The maximum absolute atomic E-state index is 12.6. The predicted octanol–water partition coefficient (Wildman–Crippen LogP) is 3.39. The lowest BCUT2D eigenvalue weighted by Crippen LogP contribution is -2.38. The summed E-state index contributed by atoms with van der Waals surface area (Å²) in [6.45, 7) is 4.78. The third kappa shape index (κ3) is 5.38. The van der Waals surface area contributed by atoms with Crippen molar-refractivity contribution in [3.63, 3.8) is 0 Å². The molecule has 1 rings (SSSR count). The molecule has 1 aromatic rings. The van der Waals surface area contributed by atoms with Gasteiger partial charge in [0.2, 0.25) is 0 Å². The summed E-state index contributed by atoms with van der Waals surface area (Å²) in [4.78, 5) is 25.8. The second-order valence-electron chi connectivity index (χ2n) is 5.04. The van der Waals surface area contributed by atoms with E-state index in [4.69, 9.17) is 16.3 Å². The minimum absolute atomic E-state index is 0.110. The zero-order chi connectivity index (χ0) is 15.8. The second kappa shape index (κ2) is 8.67. The Kier molecular flexibility index (Phi) is 7.23. The van der Waals surface area contributed by atoms with Gasteiger partial charge in [0, 0.05) is 23.7 Å². The van der Waals surface area contributed by atoms with Gasteiger partial charge in [-0.05, 0) is 24.6 Å². The average molecular weight is 312 g/mol. The molecule has 0 aliphatic carbocycles. The lowest BCUT2D eigenvalue weighted by Gasteiger charge is -2.25. The van der Waals surface area contributed by atoms with E-state index in [0.29, 0.717) is 23.7 Å². The smallest absolute Gasteiger partial charge is 0.310 e. The Bertz CT molecular complexity index is 490. The number of carbonyl (C=O) groups excluding carboxylic acids is 2. The fraction of sp³-hybridized carbons (Fsp3) is 0.500. The Morgan fingerprint density at radius 2 is 2.10 bits per heavy atom. The van der Waals surface area contributed by atoms with Crippen molar-refractivity contribution in [3.05, 3.63) is 34.9 Å². The van der Waals surface area contributed by atoms with Crippen LogP contribution in [0.15, 0.2) is 24.3 Å². The van der Waals surface area contributed by atoms with Crippen LogP contribution in [0.25, 0.3) is 0 Å². The van der Waals surface area contributed by atoms with Gasteiger partial charge in [-0.15, -0.1) is 0 Å². The van der Waals surface area contributed by atoms with Crippen molar-refractivity contribution in [1.29, 1.82) is 0 Å². The number of rotatable bonds is 7. The van der Waals surface area contributed by atoms with Crippen LogP contribution < -0.4 is 0 Å². The number of unbranched alkanes of at least 4 members (excludes halogenated alkanes) is 1. The predicted molar refractivity (Wildman–Crippen MR) is 83.4 cm³/mol. The molecule has 4 nitrogen and oxygen atoms in total. The summed E-state index contributed by atoms with van der Waals surface area (Å²) in [7, 11) is 1.36. The Labute approximate surface area is 131 Å².